The number of benzene rings is 1. The SMILES string of the molecule is CN(CCS)CCc1coc2ccccc12. The third-order valence-electron chi connectivity index (χ3n) is 2.81. The molecule has 1 heterocycles. The van der Waals surface area contributed by atoms with Gasteiger partial charge in [-0.05, 0) is 25.1 Å². The molecule has 2 aromatic rings. The minimum absolute atomic E-state index is 0.905. The number of fused-ring (bicyclic) bond motifs is 1. The maximum absolute atomic E-state index is 5.51. The van der Waals surface area contributed by atoms with E-state index in [2.05, 4.69) is 36.7 Å². The fourth-order valence-electron chi connectivity index (χ4n) is 1.82. The van der Waals surface area contributed by atoms with Crippen LogP contribution in [0.5, 0.6) is 0 Å². The van der Waals surface area contributed by atoms with E-state index < -0.39 is 0 Å². The summed E-state index contributed by atoms with van der Waals surface area (Å²) in [6, 6.07) is 8.18. The Morgan fingerprint density at radius 2 is 2.06 bits per heavy atom. The van der Waals surface area contributed by atoms with E-state index in [9.17, 15) is 0 Å². The summed E-state index contributed by atoms with van der Waals surface area (Å²) < 4.78 is 5.51. The van der Waals surface area contributed by atoms with Crippen molar-refractivity contribution in [1.82, 2.24) is 4.90 Å². The molecule has 0 aliphatic carbocycles. The van der Waals surface area contributed by atoms with E-state index in [1.54, 1.807) is 0 Å². The van der Waals surface area contributed by atoms with Crippen LogP contribution in [-0.2, 0) is 6.42 Å². The summed E-state index contributed by atoms with van der Waals surface area (Å²) >= 11 is 4.23. The minimum atomic E-state index is 0.905. The molecule has 1 aromatic heterocycles. The molecule has 86 valence electrons. The average molecular weight is 235 g/mol. The zero-order chi connectivity index (χ0) is 11.4. The topological polar surface area (TPSA) is 16.4 Å². The number of hydrogen-bond acceptors (Lipinski definition) is 3. The van der Waals surface area contributed by atoms with Crippen molar-refractivity contribution in [1.29, 1.82) is 0 Å². The van der Waals surface area contributed by atoms with Crippen molar-refractivity contribution in [2.24, 2.45) is 0 Å². The van der Waals surface area contributed by atoms with Crippen LogP contribution in [-0.4, -0.2) is 30.8 Å². The molecule has 0 saturated carbocycles. The molecule has 0 aliphatic heterocycles. The Kier molecular flexibility index (Phi) is 3.91. The van der Waals surface area contributed by atoms with Crippen LogP contribution in [0.15, 0.2) is 34.9 Å². The van der Waals surface area contributed by atoms with Crippen LogP contribution in [0.2, 0.25) is 0 Å². The van der Waals surface area contributed by atoms with Crippen LogP contribution in [0.4, 0.5) is 0 Å². The van der Waals surface area contributed by atoms with Gasteiger partial charge in [0.05, 0.1) is 6.26 Å². The highest BCUT2D eigenvalue weighted by Crippen LogP contribution is 2.20. The number of nitrogens with zero attached hydrogens (tertiary/aromatic N) is 1. The van der Waals surface area contributed by atoms with Crippen molar-refractivity contribution in [2.75, 3.05) is 25.9 Å². The van der Waals surface area contributed by atoms with E-state index in [1.165, 1.54) is 10.9 Å². The molecule has 0 fully saturated rings. The molecule has 0 amide bonds. The molecule has 0 radical (unpaired) electrons. The Hall–Kier alpha value is -0.930. The third kappa shape index (κ3) is 2.60. The largest absolute Gasteiger partial charge is 0.464 e. The van der Waals surface area contributed by atoms with Crippen molar-refractivity contribution in [3.63, 3.8) is 0 Å². The van der Waals surface area contributed by atoms with Crippen molar-refractivity contribution < 1.29 is 4.42 Å². The highest BCUT2D eigenvalue weighted by molar-refractivity contribution is 7.80. The number of thiol groups is 1. The van der Waals surface area contributed by atoms with Gasteiger partial charge in [-0.2, -0.15) is 12.6 Å². The summed E-state index contributed by atoms with van der Waals surface area (Å²) in [5.41, 5.74) is 2.27. The quantitative estimate of drug-likeness (QED) is 0.802. The normalized spacial score (nSPS) is 11.4. The molecule has 0 aliphatic rings. The highest BCUT2D eigenvalue weighted by atomic mass is 32.1. The van der Waals surface area contributed by atoms with Crippen LogP contribution < -0.4 is 0 Å². The van der Waals surface area contributed by atoms with Gasteiger partial charge in [0, 0.05) is 24.2 Å². The second-order valence-corrected chi connectivity index (χ2v) is 4.48. The van der Waals surface area contributed by atoms with Crippen molar-refractivity contribution in [2.45, 2.75) is 6.42 Å². The van der Waals surface area contributed by atoms with E-state index in [4.69, 9.17) is 4.42 Å². The predicted molar refractivity (Wildman–Crippen MR) is 71.3 cm³/mol. The summed E-state index contributed by atoms with van der Waals surface area (Å²) in [6.45, 7) is 2.07. The van der Waals surface area contributed by atoms with Gasteiger partial charge in [-0.15, -0.1) is 0 Å². The van der Waals surface area contributed by atoms with Crippen molar-refractivity contribution in [3.05, 3.63) is 36.1 Å². The lowest BCUT2D eigenvalue weighted by Gasteiger charge is -2.14. The average Bonchev–Trinajstić information content (AvgIpc) is 2.70. The molecule has 3 heteroatoms. The molecule has 2 nitrogen and oxygen atoms in total. The first kappa shape index (κ1) is 11.6. The van der Waals surface area contributed by atoms with E-state index in [1.807, 2.05) is 18.4 Å². The smallest absolute Gasteiger partial charge is 0.134 e. The Morgan fingerprint density at radius 1 is 1.25 bits per heavy atom. The first-order chi connectivity index (χ1) is 7.81. The maximum Gasteiger partial charge on any atom is 0.134 e. The van der Waals surface area contributed by atoms with Gasteiger partial charge in [-0.25, -0.2) is 0 Å². The second kappa shape index (κ2) is 5.41. The van der Waals surface area contributed by atoms with Gasteiger partial charge >= 0.3 is 0 Å². The fourth-order valence-corrected chi connectivity index (χ4v) is 2.16. The molecule has 0 unspecified atom stereocenters. The fraction of sp³-hybridized carbons (Fsp3) is 0.385. The number of furan rings is 1. The van der Waals surface area contributed by atoms with E-state index >= 15 is 0 Å². The van der Waals surface area contributed by atoms with Gasteiger partial charge in [0.15, 0.2) is 0 Å². The third-order valence-corrected chi connectivity index (χ3v) is 3.01. The van der Waals surface area contributed by atoms with Crippen LogP contribution in [0, 0.1) is 0 Å². The molecule has 1 aromatic carbocycles. The Labute approximate surface area is 102 Å². The molecule has 0 saturated heterocycles. The summed E-state index contributed by atoms with van der Waals surface area (Å²) in [4.78, 5) is 2.29. The summed E-state index contributed by atoms with van der Waals surface area (Å²) in [7, 11) is 2.12. The van der Waals surface area contributed by atoms with Gasteiger partial charge in [0.2, 0.25) is 0 Å². The maximum atomic E-state index is 5.51. The molecule has 16 heavy (non-hydrogen) atoms. The van der Waals surface area contributed by atoms with Crippen LogP contribution in [0.1, 0.15) is 5.56 Å². The monoisotopic (exact) mass is 235 g/mol. The molecular formula is C13H17NOS. The van der Waals surface area contributed by atoms with Gasteiger partial charge in [-0.3, -0.25) is 0 Å². The van der Waals surface area contributed by atoms with Crippen molar-refractivity contribution in [3.8, 4) is 0 Å². The molecule has 0 bridgehead atoms. The molecule has 0 N–H and O–H groups in total. The zero-order valence-electron chi connectivity index (χ0n) is 9.52. The number of para-hydroxylation sites is 1. The number of rotatable bonds is 5. The van der Waals surface area contributed by atoms with Crippen molar-refractivity contribution >= 4 is 23.6 Å². The number of hydrogen-bond donors (Lipinski definition) is 1. The Morgan fingerprint density at radius 3 is 2.88 bits per heavy atom. The second-order valence-electron chi connectivity index (χ2n) is 4.03. The highest BCUT2D eigenvalue weighted by Gasteiger charge is 2.05. The van der Waals surface area contributed by atoms with E-state index in [0.29, 0.717) is 0 Å². The molecule has 0 spiro atoms. The van der Waals surface area contributed by atoms with Crippen LogP contribution >= 0.6 is 12.6 Å². The van der Waals surface area contributed by atoms with Crippen LogP contribution in [0.25, 0.3) is 11.0 Å². The first-order valence-electron chi connectivity index (χ1n) is 5.56. The summed E-state index contributed by atoms with van der Waals surface area (Å²) in [5, 5.41) is 1.24. The predicted octanol–water partition coefficient (Wildman–Crippen LogP) is 2.84. The molecular weight excluding hydrogens is 218 g/mol. The molecule has 2 rings (SSSR count). The standard InChI is InChI=1S/C13H17NOS/c1-14(8-9-16)7-6-11-10-15-13-5-3-2-4-12(11)13/h2-5,10,16H,6-9H2,1H3. The van der Waals surface area contributed by atoms with Gasteiger partial charge in [0.25, 0.3) is 0 Å². The van der Waals surface area contributed by atoms with Crippen LogP contribution in [0.3, 0.4) is 0 Å². The molecule has 0 atom stereocenters. The summed E-state index contributed by atoms with van der Waals surface area (Å²) in [6.07, 6.45) is 2.90. The van der Waals surface area contributed by atoms with E-state index in [-0.39, 0.29) is 0 Å². The van der Waals surface area contributed by atoms with Gasteiger partial charge < -0.3 is 9.32 Å². The lowest BCUT2D eigenvalue weighted by Crippen LogP contribution is -2.23. The van der Waals surface area contributed by atoms with E-state index in [0.717, 1.165) is 30.8 Å². The Balaban J connectivity index is 2.04. The van der Waals surface area contributed by atoms with Gasteiger partial charge in [-0.1, -0.05) is 18.2 Å². The zero-order valence-corrected chi connectivity index (χ0v) is 10.4. The lowest BCUT2D eigenvalue weighted by atomic mass is 10.1. The number of likely N-dealkylation sites (N-methyl/N-ethyl adjacent to an activating group) is 1. The Bertz CT molecular complexity index is 452. The first-order valence-corrected chi connectivity index (χ1v) is 6.19. The lowest BCUT2D eigenvalue weighted by molar-refractivity contribution is 0.360. The summed E-state index contributed by atoms with van der Waals surface area (Å²) in [5.74, 6) is 0.905. The van der Waals surface area contributed by atoms with Gasteiger partial charge in [0.1, 0.15) is 5.58 Å². The minimum Gasteiger partial charge on any atom is -0.464 e.